The average Bonchev–Trinajstić information content (AvgIpc) is 2.87. The molecule has 0 aliphatic carbocycles. The summed E-state index contributed by atoms with van der Waals surface area (Å²) in [6, 6.07) is 14.4. The maximum absolute atomic E-state index is 11.8. The van der Waals surface area contributed by atoms with Crippen molar-refractivity contribution in [1.29, 1.82) is 0 Å². The Morgan fingerprint density at radius 2 is 1.81 bits per heavy atom. The number of amides is 1. The molecule has 0 aliphatic heterocycles. The van der Waals surface area contributed by atoms with Crippen molar-refractivity contribution in [2.24, 2.45) is 11.7 Å². The fourth-order valence-electron chi connectivity index (χ4n) is 3.43. The number of pyridine rings is 1. The summed E-state index contributed by atoms with van der Waals surface area (Å²) >= 11 is 0. The molecule has 0 saturated heterocycles. The first kappa shape index (κ1) is 30.7. The van der Waals surface area contributed by atoms with Gasteiger partial charge in [-0.15, -0.1) is 0 Å². The van der Waals surface area contributed by atoms with Crippen LogP contribution in [0.4, 0.5) is 5.82 Å². The highest BCUT2D eigenvalue weighted by Gasteiger charge is 2.12. The minimum absolute atomic E-state index is 0.0299. The molecule has 0 aliphatic rings. The molecular weight excluding hydrogens is 452 g/mol. The Hall–Kier alpha value is -3.35. The van der Waals surface area contributed by atoms with E-state index in [9.17, 15) is 9.59 Å². The number of nitrogens with one attached hydrogen (secondary N) is 2. The molecule has 2 rings (SSSR count). The van der Waals surface area contributed by atoms with Crippen LogP contribution >= 0.6 is 0 Å². The van der Waals surface area contributed by atoms with Crippen LogP contribution in [0.2, 0.25) is 0 Å². The highest BCUT2D eigenvalue weighted by molar-refractivity contribution is 5.76. The monoisotopic (exact) mass is 496 g/mol. The summed E-state index contributed by atoms with van der Waals surface area (Å²) in [4.78, 5) is 27.7. The van der Waals surface area contributed by atoms with Crippen LogP contribution in [0, 0.1) is 12.8 Å². The number of allylic oxidation sites excluding steroid dienone is 1. The second-order valence-electron chi connectivity index (χ2n) is 8.91. The molecule has 7 heteroatoms. The van der Waals surface area contributed by atoms with Crippen LogP contribution < -0.4 is 16.4 Å². The lowest BCUT2D eigenvalue weighted by Crippen LogP contribution is -2.27. The molecule has 0 saturated carbocycles. The number of esters is 1. The summed E-state index contributed by atoms with van der Waals surface area (Å²) in [5.74, 6) is 0.542. The van der Waals surface area contributed by atoms with Crippen LogP contribution in [0.25, 0.3) is 0 Å². The number of nitrogens with two attached hydrogens (primary N) is 1. The number of rotatable bonds is 14. The molecule has 7 nitrogen and oxygen atoms in total. The molecule has 1 atom stereocenters. The van der Waals surface area contributed by atoms with Crippen LogP contribution in [0.15, 0.2) is 54.7 Å². The molecule has 1 aromatic heterocycles. The molecule has 0 bridgehead atoms. The van der Waals surface area contributed by atoms with Crippen LogP contribution in [0.3, 0.4) is 0 Å². The van der Waals surface area contributed by atoms with E-state index >= 15 is 0 Å². The van der Waals surface area contributed by atoms with E-state index in [1.807, 2.05) is 31.2 Å². The van der Waals surface area contributed by atoms with E-state index < -0.39 is 0 Å². The van der Waals surface area contributed by atoms with Gasteiger partial charge in [-0.1, -0.05) is 49.9 Å². The lowest BCUT2D eigenvalue weighted by Gasteiger charge is -2.10. The summed E-state index contributed by atoms with van der Waals surface area (Å²) in [6.45, 7) is 10.9. The number of unbranched alkanes of at least 4 members (excludes halogenated alkanes) is 1. The number of carbonyl (C=O) groups excluding carboxylic acids is 2. The van der Waals surface area contributed by atoms with Gasteiger partial charge in [0.2, 0.25) is 5.91 Å². The zero-order chi connectivity index (χ0) is 26.8. The molecule has 4 N–H and O–H groups in total. The largest absolute Gasteiger partial charge is 0.469 e. The normalized spacial score (nSPS) is 11.0. The maximum Gasteiger partial charge on any atom is 0.308 e. The lowest BCUT2D eigenvalue weighted by molar-refractivity contribution is -0.145. The van der Waals surface area contributed by atoms with Gasteiger partial charge in [0.25, 0.3) is 0 Å². The topological polar surface area (TPSA) is 106 Å². The lowest BCUT2D eigenvalue weighted by atomic mass is 10.1. The number of hydrogen-bond acceptors (Lipinski definition) is 6. The summed E-state index contributed by atoms with van der Waals surface area (Å²) in [5.41, 5.74) is 9.72. The Balaban J connectivity index is 0.000000488. The Bertz CT molecular complexity index is 931. The summed E-state index contributed by atoms with van der Waals surface area (Å²) < 4.78 is 4.66. The molecule has 1 heterocycles. The summed E-state index contributed by atoms with van der Waals surface area (Å²) in [7, 11) is 1.38. The second-order valence-corrected chi connectivity index (χ2v) is 8.91. The number of aryl methyl sites for hydroxylation is 3. The number of methoxy groups -OCH3 is 1. The quantitative estimate of drug-likeness (QED) is 0.253. The molecule has 198 valence electrons. The van der Waals surface area contributed by atoms with Crippen molar-refractivity contribution in [2.75, 3.05) is 25.5 Å². The van der Waals surface area contributed by atoms with Crippen molar-refractivity contribution >= 4 is 17.7 Å². The van der Waals surface area contributed by atoms with Crippen LogP contribution in [-0.4, -0.2) is 37.1 Å². The SMILES string of the molecule is C=C(N)CCc1ccccc1.CCNc1nc(CCCCC(=O)NCCC(C)C(=O)OC)ccc1C. The first-order valence-corrected chi connectivity index (χ1v) is 12.8. The summed E-state index contributed by atoms with van der Waals surface area (Å²) in [6.07, 6.45) is 5.58. The standard InChI is InChI=1S/C19H31N3O3.C10H13N/c1-5-20-18-14(2)10-11-16(22-18)8-6-7-9-17(23)21-13-12-15(3)19(24)25-4;1-9(11)7-8-10-5-3-2-4-6-10/h10-11,15H,5-9,12-13H2,1-4H3,(H,20,22)(H,21,23);2-6H,1,7-8,11H2. The number of benzene rings is 1. The third kappa shape index (κ3) is 13.5. The van der Waals surface area contributed by atoms with Gasteiger partial charge in [0.05, 0.1) is 13.0 Å². The second kappa shape index (κ2) is 18.0. The first-order chi connectivity index (χ1) is 17.3. The van der Waals surface area contributed by atoms with Crippen molar-refractivity contribution < 1.29 is 14.3 Å². The van der Waals surface area contributed by atoms with E-state index in [4.69, 9.17) is 5.73 Å². The predicted octanol–water partition coefficient (Wildman–Crippen LogP) is 4.94. The van der Waals surface area contributed by atoms with Gasteiger partial charge in [-0.3, -0.25) is 9.59 Å². The highest BCUT2D eigenvalue weighted by atomic mass is 16.5. The highest BCUT2D eigenvalue weighted by Crippen LogP contribution is 2.14. The predicted molar refractivity (Wildman–Crippen MR) is 148 cm³/mol. The van der Waals surface area contributed by atoms with Crippen LogP contribution in [0.5, 0.6) is 0 Å². The van der Waals surface area contributed by atoms with E-state index in [2.05, 4.69) is 52.1 Å². The van der Waals surface area contributed by atoms with Crippen molar-refractivity contribution in [3.8, 4) is 0 Å². The van der Waals surface area contributed by atoms with E-state index in [0.29, 0.717) is 19.4 Å². The molecule has 1 aromatic carbocycles. The fourth-order valence-corrected chi connectivity index (χ4v) is 3.43. The number of hydrogen-bond donors (Lipinski definition) is 3. The first-order valence-electron chi connectivity index (χ1n) is 12.8. The third-order valence-corrected chi connectivity index (χ3v) is 5.67. The minimum atomic E-state index is -0.239. The van der Waals surface area contributed by atoms with E-state index in [1.54, 1.807) is 6.92 Å². The number of nitrogens with zero attached hydrogens (tertiary/aromatic N) is 1. The van der Waals surface area contributed by atoms with Crippen molar-refractivity contribution in [1.82, 2.24) is 10.3 Å². The zero-order valence-electron chi connectivity index (χ0n) is 22.4. The van der Waals surface area contributed by atoms with E-state index in [-0.39, 0.29) is 17.8 Å². The smallest absolute Gasteiger partial charge is 0.308 e. The third-order valence-electron chi connectivity index (χ3n) is 5.67. The Labute approximate surface area is 216 Å². The molecule has 0 fully saturated rings. The van der Waals surface area contributed by atoms with Gasteiger partial charge >= 0.3 is 5.97 Å². The summed E-state index contributed by atoms with van der Waals surface area (Å²) in [5, 5.41) is 6.11. The zero-order valence-corrected chi connectivity index (χ0v) is 22.4. The maximum atomic E-state index is 11.8. The number of ether oxygens (including phenoxy) is 1. The molecule has 0 spiro atoms. The number of anilines is 1. The Morgan fingerprint density at radius 3 is 2.44 bits per heavy atom. The average molecular weight is 497 g/mol. The van der Waals surface area contributed by atoms with Gasteiger partial charge in [0.15, 0.2) is 0 Å². The van der Waals surface area contributed by atoms with Gasteiger partial charge in [-0.2, -0.15) is 0 Å². The van der Waals surface area contributed by atoms with E-state index in [0.717, 1.165) is 61.4 Å². The number of carbonyl (C=O) groups is 2. The van der Waals surface area contributed by atoms with Crippen LogP contribution in [0.1, 0.15) is 62.8 Å². The van der Waals surface area contributed by atoms with Gasteiger partial charge in [0.1, 0.15) is 5.82 Å². The minimum Gasteiger partial charge on any atom is -0.469 e. The van der Waals surface area contributed by atoms with Crippen molar-refractivity contribution in [2.45, 2.75) is 65.7 Å². The van der Waals surface area contributed by atoms with Gasteiger partial charge in [-0.05, 0) is 69.6 Å². The molecule has 2 aromatic rings. The molecule has 1 amide bonds. The molecule has 0 radical (unpaired) electrons. The van der Waals surface area contributed by atoms with Gasteiger partial charge < -0.3 is 21.1 Å². The molecule has 1 unspecified atom stereocenters. The van der Waals surface area contributed by atoms with Crippen molar-refractivity contribution in [3.05, 3.63) is 71.6 Å². The Kier molecular flexibility index (Phi) is 15.3. The van der Waals surface area contributed by atoms with Gasteiger partial charge in [0, 0.05) is 30.9 Å². The van der Waals surface area contributed by atoms with Crippen LogP contribution in [-0.2, 0) is 27.2 Å². The number of aromatic nitrogens is 1. The van der Waals surface area contributed by atoms with E-state index in [1.165, 1.54) is 12.7 Å². The molecular formula is C29H44N4O3. The molecule has 36 heavy (non-hydrogen) atoms. The van der Waals surface area contributed by atoms with Crippen molar-refractivity contribution in [3.63, 3.8) is 0 Å². The fraction of sp³-hybridized carbons (Fsp3) is 0.483. The Morgan fingerprint density at radius 1 is 1.08 bits per heavy atom. The van der Waals surface area contributed by atoms with Gasteiger partial charge in [-0.25, -0.2) is 4.98 Å².